The van der Waals surface area contributed by atoms with Crippen molar-refractivity contribution in [1.29, 1.82) is 0 Å². The van der Waals surface area contributed by atoms with Gasteiger partial charge in [0.1, 0.15) is 0 Å². The molecule has 4 aromatic rings. The Hall–Kier alpha value is -2.84. The number of benzene rings is 1. The van der Waals surface area contributed by atoms with Gasteiger partial charge in [0.25, 0.3) is 0 Å². The molecule has 1 aromatic carbocycles. The summed E-state index contributed by atoms with van der Waals surface area (Å²) in [6.45, 7) is 8.04. The molecule has 1 aliphatic heterocycles. The zero-order valence-corrected chi connectivity index (χ0v) is 18.7. The van der Waals surface area contributed by atoms with Crippen LogP contribution < -0.4 is 15.5 Å². The first-order chi connectivity index (χ1) is 14.8. The van der Waals surface area contributed by atoms with E-state index in [1.807, 2.05) is 20.0 Å². The van der Waals surface area contributed by atoms with E-state index in [0.29, 0.717) is 34.3 Å². The van der Waals surface area contributed by atoms with Crippen LogP contribution in [-0.4, -0.2) is 44.3 Å². The lowest BCUT2D eigenvalue weighted by atomic mass is 10.1. The van der Waals surface area contributed by atoms with Crippen molar-refractivity contribution >= 4 is 45.3 Å². The van der Waals surface area contributed by atoms with E-state index in [4.69, 9.17) is 11.6 Å². The van der Waals surface area contributed by atoms with Crippen LogP contribution in [0.15, 0.2) is 30.6 Å². The third-order valence-corrected chi connectivity index (χ3v) is 6.00. The molecule has 0 spiro atoms. The van der Waals surface area contributed by atoms with Gasteiger partial charge < -0.3 is 19.9 Å². The molecule has 7 nitrogen and oxygen atoms in total. The van der Waals surface area contributed by atoms with Crippen molar-refractivity contribution < 1.29 is 4.39 Å². The molecule has 1 aliphatic rings. The Labute approximate surface area is 184 Å². The number of hydrogen-bond donors (Lipinski definition) is 2. The van der Waals surface area contributed by atoms with Gasteiger partial charge in [-0.05, 0) is 32.9 Å². The summed E-state index contributed by atoms with van der Waals surface area (Å²) in [7, 11) is 1.89. The average Bonchev–Trinajstić information content (AvgIpc) is 3.21. The van der Waals surface area contributed by atoms with Crippen molar-refractivity contribution in [3.8, 4) is 0 Å². The van der Waals surface area contributed by atoms with Crippen LogP contribution in [0, 0.1) is 12.7 Å². The lowest BCUT2D eigenvalue weighted by Gasteiger charge is -2.37. The highest BCUT2D eigenvalue weighted by Crippen LogP contribution is 2.36. The van der Waals surface area contributed by atoms with Crippen LogP contribution in [0.3, 0.4) is 0 Å². The topological polar surface area (TPSA) is 62.4 Å². The summed E-state index contributed by atoms with van der Waals surface area (Å²) in [5, 5.41) is 12.8. The largest absolute Gasteiger partial charge is 0.368 e. The van der Waals surface area contributed by atoms with Crippen molar-refractivity contribution in [1.82, 2.24) is 24.5 Å². The van der Waals surface area contributed by atoms with E-state index < -0.39 is 5.82 Å². The fraction of sp³-hybridized carbons (Fsp3) is 0.364. The highest BCUT2D eigenvalue weighted by atomic mass is 35.5. The van der Waals surface area contributed by atoms with Crippen molar-refractivity contribution in [3.63, 3.8) is 0 Å². The zero-order valence-electron chi connectivity index (χ0n) is 17.9. The number of pyridine rings is 1. The second-order valence-electron chi connectivity index (χ2n) is 8.48. The molecule has 0 radical (unpaired) electrons. The summed E-state index contributed by atoms with van der Waals surface area (Å²) in [5.41, 5.74) is 3.63. The highest BCUT2D eigenvalue weighted by molar-refractivity contribution is 6.37. The van der Waals surface area contributed by atoms with E-state index in [1.165, 1.54) is 6.07 Å². The molecule has 4 heterocycles. The standard InChI is InChI=1S/C22H25ClFN7/c1-12-8-30(9-13(2)25-12)16-6-17(23)20-19(7-16)29(4)28-21(20)27-15-5-18(24)22-26-14(3)10-31(22)11-15/h5-7,10-13,25H,8-9H2,1-4H3,(H,27,28)/t12-,13-/m1/s1. The minimum atomic E-state index is -0.395. The summed E-state index contributed by atoms with van der Waals surface area (Å²) in [6.07, 6.45) is 3.58. The Morgan fingerprint density at radius 1 is 1.16 bits per heavy atom. The predicted octanol–water partition coefficient (Wildman–Crippen LogP) is 4.25. The lowest BCUT2D eigenvalue weighted by Crippen LogP contribution is -2.54. The van der Waals surface area contributed by atoms with Crippen LogP contribution in [-0.2, 0) is 7.05 Å². The molecule has 0 bridgehead atoms. The molecule has 1 saturated heterocycles. The number of hydrogen-bond acceptors (Lipinski definition) is 5. The first kappa shape index (κ1) is 20.1. The fourth-order valence-corrected chi connectivity index (χ4v) is 4.81. The van der Waals surface area contributed by atoms with Gasteiger partial charge in [0.2, 0.25) is 0 Å². The number of fused-ring (bicyclic) bond motifs is 2. The quantitative estimate of drug-likeness (QED) is 0.497. The Morgan fingerprint density at radius 2 is 1.90 bits per heavy atom. The number of aromatic nitrogens is 4. The molecule has 2 N–H and O–H groups in total. The van der Waals surface area contributed by atoms with Crippen LogP contribution in [0.5, 0.6) is 0 Å². The van der Waals surface area contributed by atoms with Crippen LogP contribution in [0.25, 0.3) is 16.6 Å². The van der Waals surface area contributed by atoms with Crippen molar-refractivity contribution in [3.05, 3.63) is 47.1 Å². The number of piperazine rings is 1. The number of nitrogens with zero attached hydrogens (tertiary/aromatic N) is 5. The summed E-state index contributed by atoms with van der Waals surface area (Å²) in [4.78, 5) is 6.55. The molecule has 31 heavy (non-hydrogen) atoms. The molecule has 0 amide bonds. The van der Waals surface area contributed by atoms with Gasteiger partial charge in [-0.3, -0.25) is 4.68 Å². The molecule has 1 fully saturated rings. The maximum Gasteiger partial charge on any atom is 0.173 e. The normalized spacial score (nSPS) is 19.5. The van der Waals surface area contributed by atoms with E-state index in [1.54, 1.807) is 21.5 Å². The second kappa shape index (κ2) is 7.39. The highest BCUT2D eigenvalue weighted by Gasteiger charge is 2.23. The maximum absolute atomic E-state index is 14.5. The summed E-state index contributed by atoms with van der Waals surface area (Å²) >= 11 is 6.74. The van der Waals surface area contributed by atoms with Gasteiger partial charge in [-0.15, -0.1) is 0 Å². The van der Waals surface area contributed by atoms with Gasteiger partial charge in [-0.25, -0.2) is 9.37 Å². The Morgan fingerprint density at radius 3 is 2.65 bits per heavy atom. The van der Waals surface area contributed by atoms with Gasteiger partial charge >= 0.3 is 0 Å². The number of halogens is 2. The SMILES string of the molecule is Cc1cn2cc(Nc3nn(C)c4cc(N5C[C@@H](C)N[C@H](C)C5)cc(Cl)c34)cc(F)c2n1. The van der Waals surface area contributed by atoms with Gasteiger partial charge in [-0.2, -0.15) is 5.10 Å². The number of rotatable bonds is 3. The molecule has 3 aromatic heterocycles. The van der Waals surface area contributed by atoms with Crippen LogP contribution in [0.2, 0.25) is 5.02 Å². The van der Waals surface area contributed by atoms with Crippen molar-refractivity contribution in [2.24, 2.45) is 7.05 Å². The summed E-state index contributed by atoms with van der Waals surface area (Å²) < 4.78 is 18.0. The van der Waals surface area contributed by atoms with E-state index >= 15 is 0 Å². The summed E-state index contributed by atoms with van der Waals surface area (Å²) in [6, 6.07) is 6.34. The smallest absolute Gasteiger partial charge is 0.173 e. The van der Waals surface area contributed by atoms with E-state index in [0.717, 1.165) is 35.4 Å². The summed E-state index contributed by atoms with van der Waals surface area (Å²) in [5.74, 6) is 0.195. The number of aryl methyl sites for hydroxylation is 2. The third kappa shape index (κ3) is 3.59. The molecule has 0 aliphatic carbocycles. The van der Waals surface area contributed by atoms with Gasteiger partial charge in [-0.1, -0.05) is 11.6 Å². The first-order valence-corrected chi connectivity index (χ1v) is 10.8. The van der Waals surface area contributed by atoms with Gasteiger partial charge in [0.15, 0.2) is 17.3 Å². The van der Waals surface area contributed by atoms with Gasteiger partial charge in [0.05, 0.1) is 27.3 Å². The molecular weight excluding hydrogens is 417 g/mol. The number of nitrogens with one attached hydrogen (secondary N) is 2. The number of anilines is 3. The predicted molar refractivity (Wildman–Crippen MR) is 123 cm³/mol. The molecule has 2 atom stereocenters. The third-order valence-electron chi connectivity index (χ3n) is 5.70. The first-order valence-electron chi connectivity index (χ1n) is 10.4. The van der Waals surface area contributed by atoms with E-state index in [9.17, 15) is 4.39 Å². The maximum atomic E-state index is 14.5. The zero-order chi connectivity index (χ0) is 21.9. The lowest BCUT2D eigenvalue weighted by molar-refractivity contribution is 0.407. The molecule has 5 rings (SSSR count). The molecule has 0 saturated carbocycles. The van der Waals surface area contributed by atoms with Gasteiger partial charge in [0, 0.05) is 56.4 Å². The van der Waals surface area contributed by atoms with Crippen molar-refractivity contribution in [2.75, 3.05) is 23.3 Å². The number of imidazole rings is 1. The van der Waals surface area contributed by atoms with Crippen molar-refractivity contribution in [2.45, 2.75) is 32.9 Å². The van der Waals surface area contributed by atoms with Crippen LogP contribution >= 0.6 is 11.6 Å². The second-order valence-corrected chi connectivity index (χ2v) is 8.89. The van der Waals surface area contributed by atoms with E-state index in [-0.39, 0.29) is 0 Å². The minimum absolute atomic E-state index is 0.302. The Balaban J connectivity index is 1.53. The molecular formula is C22H25ClFN7. The van der Waals surface area contributed by atoms with Crippen LogP contribution in [0.4, 0.5) is 21.6 Å². The fourth-order valence-electron chi connectivity index (χ4n) is 4.51. The average molecular weight is 442 g/mol. The molecule has 9 heteroatoms. The monoisotopic (exact) mass is 441 g/mol. The minimum Gasteiger partial charge on any atom is -0.368 e. The van der Waals surface area contributed by atoms with Crippen LogP contribution in [0.1, 0.15) is 19.5 Å². The molecule has 0 unspecified atom stereocenters. The van der Waals surface area contributed by atoms with E-state index in [2.05, 4.69) is 45.5 Å². The Kier molecular flexibility index (Phi) is 4.79. The molecule has 162 valence electrons. The Bertz CT molecular complexity index is 1280.